The molecule has 3 aromatic heterocycles. The molecule has 31 aromatic rings. The van der Waals surface area contributed by atoms with Crippen LogP contribution in [0.25, 0.3) is 328 Å². The van der Waals surface area contributed by atoms with Gasteiger partial charge < -0.3 is 13.3 Å². The van der Waals surface area contributed by atoms with Crippen molar-refractivity contribution in [3.05, 3.63) is 473 Å². The predicted octanol–water partition coefficient (Wildman–Crippen LogP) is 39.7. The second-order valence-corrected chi connectivity index (χ2v) is 38.5. The first-order valence-electron chi connectivity index (χ1n) is 48.8. The summed E-state index contributed by atoms with van der Waals surface area (Å²) < 4.78 is 20.7. The van der Waals surface area contributed by atoms with E-state index in [0.717, 1.165) is 143 Å². The molecule has 0 bridgehead atoms. The highest BCUT2D eigenvalue weighted by Gasteiger charge is 2.28. The molecule has 3 heteroatoms. The van der Waals surface area contributed by atoms with Crippen LogP contribution in [0.5, 0.6) is 0 Å². The third-order valence-electron chi connectivity index (χ3n) is 31.1. The van der Waals surface area contributed by atoms with Gasteiger partial charge in [-0.25, -0.2) is 0 Å². The molecule has 0 aliphatic heterocycles. The van der Waals surface area contributed by atoms with Gasteiger partial charge in [0.25, 0.3) is 0 Å². The largest absolute Gasteiger partial charge is 0.456 e. The average molecular weight is 1780 g/mol. The normalized spacial score (nSPS) is 12.3. The van der Waals surface area contributed by atoms with E-state index < -0.39 is 0 Å². The molecule has 0 saturated carbocycles. The van der Waals surface area contributed by atoms with E-state index in [1.54, 1.807) is 0 Å². The molecule has 0 N–H and O–H groups in total. The average Bonchev–Trinajstić information content (AvgIpc) is 1.59. The summed E-state index contributed by atoms with van der Waals surface area (Å²) in [5.41, 5.74) is 26.3. The fraction of sp³-hybridized carbons (Fsp3) is 0. The lowest BCUT2D eigenvalue weighted by atomic mass is 9.82. The summed E-state index contributed by atoms with van der Waals surface area (Å²) >= 11 is 0. The minimum Gasteiger partial charge on any atom is -0.456 e. The van der Waals surface area contributed by atoms with Crippen LogP contribution in [-0.2, 0) is 0 Å². The highest BCUT2D eigenvalue weighted by atomic mass is 16.3. The van der Waals surface area contributed by atoms with Crippen LogP contribution < -0.4 is 0 Å². The summed E-state index contributed by atoms with van der Waals surface area (Å²) in [6.45, 7) is 0. The van der Waals surface area contributed by atoms with Crippen molar-refractivity contribution >= 4 is 227 Å². The molecule has 0 radical (unpaired) electrons. The van der Waals surface area contributed by atoms with Gasteiger partial charge in [0.15, 0.2) is 0 Å². The number of benzene rings is 28. The van der Waals surface area contributed by atoms with Crippen molar-refractivity contribution in [1.29, 1.82) is 0 Å². The molecule has 0 spiro atoms. The molecule has 0 fully saturated rings. The molecule has 28 aromatic carbocycles. The van der Waals surface area contributed by atoms with Crippen molar-refractivity contribution in [2.45, 2.75) is 0 Å². The van der Waals surface area contributed by atoms with E-state index in [0.29, 0.717) is 0 Å². The first-order chi connectivity index (χ1) is 69.9. The second-order valence-electron chi connectivity index (χ2n) is 38.5. The van der Waals surface area contributed by atoms with Crippen molar-refractivity contribution in [2.75, 3.05) is 0 Å². The van der Waals surface area contributed by atoms with Crippen molar-refractivity contribution in [3.63, 3.8) is 0 Å². The van der Waals surface area contributed by atoms with Gasteiger partial charge in [-0.2, -0.15) is 0 Å². The number of furan rings is 3. The van der Waals surface area contributed by atoms with E-state index in [1.807, 2.05) is 0 Å². The van der Waals surface area contributed by atoms with Gasteiger partial charge in [0, 0.05) is 43.1 Å². The molecular weight excluding hydrogens is 1710 g/mol. The summed E-state index contributed by atoms with van der Waals surface area (Å²) in [6, 6.07) is 177. The van der Waals surface area contributed by atoms with E-state index in [9.17, 15) is 0 Å². The molecular formula is C138H78O3. The monoisotopic (exact) mass is 1780 g/mol. The van der Waals surface area contributed by atoms with Crippen molar-refractivity contribution in [3.8, 4) is 100 Å². The predicted molar refractivity (Wildman–Crippen MR) is 600 cm³/mol. The van der Waals surface area contributed by atoms with Crippen LogP contribution in [-0.4, -0.2) is 0 Å². The van der Waals surface area contributed by atoms with Crippen LogP contribution in [0.1, 0.15) is 0 Å². The summed E-state index contributed by atoms with van der Waals surface area (Å²) in [5, 5.41) is 42.3. The van der Waals surface area contributed by atoms with Crippen LogP contribution in [0, 0.1) is 0 Å². The van der Waals surface area contributed by atoms with Gasteiger partial charge in [-0.3, -0.25) is 0 Å². The third-order valence-corrected chi connectivity index (χ3v) is 31.1. The fourth-order valence-electron chi connectivity index (χ4n) is 24.6. The van der Waals surface area contributed by atoms with E-state index in [1.165, 1.54) is 185 Å². The summed E-state index contributed by atoms with van der Waals surface area (Å²) in [4.78, 5) is 0. The Morgan fingerprint density at radius 1 is 0.0993 bits per heavy atom. The highest BCUT2D eigenvalue weighted by Crippen LogP contribution is 2.54. The van der Waals surface area contributed by atoms with Gasteiger partial charge >= 0.3 is 0 Å². The lowest BCUT2D eigenvalue weighted by Crippen LogP contribution is -1.94. The molecule has 648 valence electrons. The van der Waals surface area contributed by atoms with E-state index in [2.05, 4.69) is 473 Å². The van der Waals surface area contributed by atoms with Crippen molar-refractivity contribution < 1.29 is 13.3 Å². The van der Waals surface area contributed by atoms with Gasteiger partial charge in [-0.05, 0) is 354 Å². The lowest BCUT2D eigenvalue weighted by molar-refractivity contribution is 0.669. The molecule has 0 amide bonds. The van der Waals surface area contributed by atoms with Crippen LogP contribution in [0.4, 0.5) is 0 Å². The summed E-state index contributed by atoms with van der Waals surface area (Å²) in [6.07, 6.45) is 0. The molecule has 0 unspecified atom stereocenters. The number of hydrogen-bond acceptors (Lipinski definition) is 3. The molecule has 0 aliphatic rings. The number of fused-ring (bicyclic) bond motifs is 29. The highest BCUT2D eigenvalue weighted by molar-refractivity contribution is 6.31. The Morgan fingerprint density at radius 3 is 0.957 bits per heavy atom. The zero-order valence-electron chi connectivity index (χ0n) is 76.3. The van der Waals surface area contributed by atoms with Gasteiger partial charge in [0.1, 0.15) is 33.5 Å². The third kappa shape index (κ3) is 11.7. The van der Waals surface area contributed by atoms with Gasteiger partial charge in [0.2, 0.25) is 0 Å². The topological polar surface area (TPSA) is 39.4 Å². The molecule has 141 heavy (non-hydrogen) atoms. The van der Waals surface area contributed by atoms with E-state index in [4.69, 9.17) is 13.3 Å². The van der Waals surface area contributed by atoms with Crippen LogP contribution in [0.2, 0.25) is 0 Å². The molecule has 0 aliphatic carbocycles. The van der Waals surface area contributed by atoms with Crippen molar-refractivity contribution in [1.82, 2.24) is 0 Å². The Morgan fingerprint density at radius 2 is 0.390 bits per heavy atom. The first-order valence-corrected chi connectivity index (χ1v) is 48.8. The lowest BCUT2D eigenvalue weighted by Gasteiger charge is -2.21. The Labute approximate surface area is 808 Å². The molecule has 31 rings (SSSR count). The maximum atomic E-state index is 7.26. The molecule has 3 nitrogen and oxygen atoms in total. The zero-order chi connectivity index (χ0) is 91.9. The van der Waals surface area contributed by atoms with Crippen LogP contribution in [0.3, 0.4) is 0 Å². The second kappa shape index (κ2) is 30.0. The Hall–Kier alpha value is -18.5. The Balaban J connectivity index is 0.551. The maximum absolute atomic E-state index is 7.26. The summed E-state index contributed by atoms with van der Waals surface area (Å²) in [7, 11) is 0. The van der Waals surface area contributed by atoms with Crippen molar-refractivity contribution in [2.24, 2.45) is 0 Å². The van der Waals surface area contributed by atoms with E-state index in [-0.39, 0.29) is 0 Å². The van der Waals surface area contributed by atoms with Crippen LogP contribution in [0.15, 0.2) is 486 Å². The van der Waals surface area contributed by atoms with Gasteiger partial charge in [-0.1, -0.05) is 370 Å². The quantitative estimate of drug-likeness (QED) is 0.107. The Kier molecular flexibility index (Phi) is 16.5. The number of hydrogen-bond donors (Lipinski definition) is 0. The molecule has 3 heterocycles. The summed E-state index contributed by atoms with van der Waals surface area (Å²) in [5.74, 6) is 0. The standard InChI is InChI=1S/C138H78O3/c1-2-25-84-78-130-124(71-83(84)24-1)123-77-95(54-64-127(123)139-130)132-108-35-13-11-33-106(108)131(107-34-12-14-36-109(107)132)92-28-19-27-89(67-92)118-74-90-26-6-9-31-99(90)120-70-86(50-59-104(118)120)85-45-43-82-49-63-117-122-75-94(55-65-129(122)141-138(117)119(82)69-85)133-110-37-15-16-38-111(110)134(93-53-57-100-91(68-93)46-44-79-21-3-7-29-97(79)100)125-72-87(51-60-114(125)133)88-52-61-115-126(73-88)135(96-56-66-128-121(76-96)116-62-48-81-23-5-10-32-101(81)137(116)140-128)112-39-17-18-40-113(112)136(115)105-42-20-41-102-98-30-8-4-22-80(98)47-58-103(102)105/h1-78H. The SMILES string of the molecule is c1cc(-c2c3ccccc3c(-c3ccc4oc5cc6ccccc6cc5c4c3)c3ccccc23)cc(-c2cc3ccccc3c3cc(-c4ccc5ccc6c7cc(-c8c9ccccc9c(-c9ccc%10c(ccc%11ccccc%11%10)c9)c9cc(-c%10ccc%11c(-c%12cccc%13c%12ccc%12ccccc%12%13)c%12ccccc%12c(-c%12ccc%13oc%14c%15ccccc%15ccc%14c%13c%12)c%11c%10)ccc89)ccc7oc6c5c4)ccc23)c1. The zero-order valence-corrected chi connectivity index (χ0v) is 76.3. The van der Waals surface area contributed by atoms with Gasteiger partial charge in [0.05, 0.1) is 0 Å². The maximum Gasteiger partial charge on any atom is 0.143 e. The fourth-order valence-corrected chi connectivity index (χ4v) is 24.6. The smallest absolute Gasteiger partial charge is 0.143 e. The van der Waals surface area contributed by atoms with Gasteiger partial charge in [-0.15, -0.1) is 0 Å². The Bertz CT molecular complexity index is 10900. The first kappa shape index (κ1) is 77.7. The van der Waals surface area contributed by atoms with E-state index >= 15 is 0 Å². The minimum atomic E-state index is 0.841. The molecule has 0 atom stereocenters. The molecule has 0 saturated heterocycles. The number of rotatable bonds is 9. The van der Waals surface area contributed by atoms with Crippen LogP contribution >= 0.6 is 0 Å². The minimum absolute atomic E-state index is 0.841.